The Morgan fingerprint density at radius 1 is 1.33 bits per heavy atom. The van der Waals surface area contributed by atoms with E-state index in [1.165, 1.54) is 4.90 Å². The van der Waals surface area contributed by atoms with Crippen LogP contribution in [0.5, 0.6) is 0 Å². The molecule has 1 aromatic carbocycles. The highest BCUT2D eigenvalue weighted by molar-refractivity contribution is 6.06. The molecule has 4 amide bonds. The monoisotopic (exact) mass is 352 g/mol. The second kappa shape index (κ2) is 6.98. The number of fused-ring (bicyclic) bond motifs is 1. The molecule has 24 heavy (non-hydrogen) atoms. The molecule has 1 atom stereocenters. The maximum Gasteiger partial charge on any atom is 0.255 e. The number of nitrogens with two attached hydrogens (primary N) is 1. The number of carbonyl (C=O) groups is 4. The van der Waals surface area contributed by atoms with Crippen LogP contribution in [-0.4, -0.2) is 41.1 Å². The highest BCUT2D eigenvalue weighted by Gasteiger charge is 2.39. The van der Waals surface area contributed by atoms with Gasteiger partial charge in [-0.1, -0.05) is 6.07 Å². The molecular formula is C15H17ClN4O4. The van der Waals surface area contributed by atoms with Gasteiger partial charge in [0.2, 0.25) is 17.7 Å². The second-order valence-electron chi connectivity index (χ2n) is 5.48. The van der Waals surface area contributed by atoms with E-state index in [1.807, 2.05) is 0 Å². The summed E-state index contributed by atoms with van der Waals surface area (Å²) in [4.78, 5) is 48.7. The Bertz CT molecular complexity index is 721. The normalized spacial score (nSPS) is 19.5. The first-order valence-electron chi connectivity index (χ1n) is 7.27. The van der Waals surface area contributed by atoms with Crippen molar-refractivity contribution in [2.75, 3.05) is 11.9 Å². The summed E-state index contributed by atoms with van der Waals surface area (Å²) in [6.45, 7) is 0.0515. The number of halogens is 1. The summed E-state index contributed by atoms with van der Waals surface area (Å²) < 4.78 is 0. The van der Waals surface area contributed by atoms with Crippen LogP contribution in [-0.2, 0) is 20.9 Å². The molecule has 0 aliphatic carbocycles. The van der Waals surface area contributed by atoms with Crippen LogP contribution in [0.15, 0.2) is 18.2 Å². The second-order valence-corrected chi connectivity index (χ2v) is 5.48. The predicted octanol–water partition coefficient (Wildman–Crippen LogP) is -0.233. The fourth-order valence-electron chi connectivity index (χ4n) is 2.90. The van der Waals surface area contributed by atoms with Crippen molar-refractivity contribution < 1.29 is 19.2 Å². The van der Waals surface area contributed by atoms with E-state index in [2.05, 4.69) is 10.6 Å². The Morgan fingerprint density at radius 3 is 2.75 bits per heavy atom. The summed E-state index contributed by atoms with van der Waals surface area (Å²) in [5.41, 5.74) is 6.91. The van der Waals surface area contributed by atoms with Crippen molar-refractivity contribution in [1.29, 1.82) is 0 Å². The Labute approximate surface area is 144 Å². The standard InChI is InChI=1S/C15H16N4O4.ClH/c16-6-13(21)17-10-3-1-2-8-9(10)7-19(15(8)23)11-4-5-12(20)18-14(11)22;/h1-3,11H,4-7,16H2,(H,17,21)(H,18,20,22);1H. The average molecular weight is 353 g/mol. The molecule has 0 radical (unpaired) electrons. The fraction of sp³-hybridized carbons (Fsp3) is 0.333. The topological polar surface area (TPSA) is 122 Å². The molecule has 0 saturated carbocycles. The number of hydrogen-bond acceptors (Lipinski definition) is 5. The third-order valence-electron chi connectivity index (χ3n) is 4.04. The predicted molar refractivity (Wildman–Crippen MR) is 87.4 cm³/mol. The molecule has 1 fully saturated rings. The number of rotatable bonds is 3. The molecule has 8 nitrogen and oxygen atoms in total. The molecule has 128 valence electrons. The highest BCUT2D eigenvalue weighted by atomic mass is 35.5. The lowest BCUT2D eigenvalue weighted by molar-refractivity contribution is -0.137. The molecule has 1 unspecified atom stereocenters. The van der Waals surface area contributed by atoms with Crippen LogP contribution in [0.25, 0.3) is 0 Å². The van der Waals surface area contributed by atoms with Gasteiger partial charge in [-0.25, -0.2) is 0 Å². The minimum absolute atomic E-state index is 0. The zero-order valence-electron chi connectivity index (χ0n) is 12.7. The van der Waals surface area contributed by atoms with Gasteiger partial charge in [-0.3, -0.25) is 24.5 Å². The van der Waals surface area contributed by atoms with Crippen LogP contribution >= 0.6 is 12.4 Å². The number of carbonyl (C=O) groups excluding carboxylic acids is 4. The van der Waals surface area contributed by atoms with Gasteiger partial charge in [0.05, 0.1) is 6.54 Å². The maximum atomic E-state index is 12.6. The number of nitrogens with one attached hydrogen (secondary N) is 2. The van der Waals surface area contributed by atoms with Crippen molar-refractivity contribution in [1.82, 2.24) is 10.2 Å². The molecule has 0 bridgehead atoms. The summed E-state index contributed by atoms with van der Waals surface area (Å²) >= 11 is 0. The minimum atomic E-state index is -0.675. The van der Waals surface area contributed by atoms with Gasteiger partial charge in [-0.2, -0.15) is 0 Å². The quantitative estimate of drug-likeness (QED) is 0.648. The van der Waals surface area contributed by atoms with E-state index in [-0.39, 0.29) is 49.6 Å². The molecule has 0 aromatic heterocycles. The van der Waals surface area contributed by atoms with Crippen LogP contribution < -0.4 is 16.4 Å². The molecule has 2 aliphatic rings. The van der Waals surface area contributed by atoms with Crippen LogP contribution in [0.3, 0.4) is 0 Å². The van der Waals surface area contributed by atoms with E-state index >= 15 is 0 Å². The Morgan fingerprint density at radius 2 is 2.08 bits per heavy atom. The molecule has 4 N–H and O–H groups in total. The van der Waals surface area contributed by atoms with Crippen LogP contribution in [0, 0.1) is 0 Å². The van der Waals surface area contributed by atoms with Gasteiger partial charge in [0.25, 0.3) is 5.91 Å². The largest absolute Gasteiger partial charge is 0.325 e. The Balaban J connectivity index is 0.00000208. The van der Waals surface area contributed by atoms with E-state index in [0.29, 0.717) is 23.2 Å². The van der Waals surface area contributed by atoms with Gasteiger partial charge < -0.3 is 16.0 Å². The highest BCUT2D eigenvalue weighted by Crippen LogP contribution is 2.32. The molecule has 2 aliphatic heterocycles. The fourth-order valence-corrected chi connectivity index (χ4v) is 2.90. The molecule has 1 aromatic rings. The molecule has 3 rings (SSSR count). The van der Waals surface area contributed by atoms with Crippen molar-refractivity contribution in [3.63, 3.8) is 0 Å². The minimum Gasteiger partial charge on any atom is -0.325 e. The van der Waals surface area contributed by atoms with Gasteiger partial charge in [-0.05, 0) is 18.6 Å². The molecule has 0 spiro atoms. The number of anilines is 1. The smallest absolute Gasteiger partial charge is 0.255 e. The Kier molecular flexibility index (Phi) is 5.20. The summed E-state index contributed by atoms with van der Waals surface area (Å²) in [6, 6.07) is 4.33. The van der Waals surface area contributed by atoms with Crippen LogP contribution in [0.2, 0.25) is 0 Å². The zero-order valence-corrected chi connectivity index (χ0v) is 13.5. The lowest BCUT2D eigenvalue weighted by Crippen LogP contribution is -2.52. The zero-order chi connectivity index (χ0) is 16.6. The number of hydrogen-bond donors (Lipinski definition) is 3. The summed E-state index contributed by atoms with van der Waals surface area (Å²) in [5, 5.41) is 4.91. The van der Waals surface area contributed by atoms with E-state index in [1.54, 1.807) is 18.2 Å². The summed E-state index contributed by atoms with van der Waals surface area (Å²) in [7, 11) is 0. The van der Waals surface area contributed by atoms with Gasteiger partial charge in [0, 0.05) is 29.8 Å². The van der Waals surface area contributed by atoms with E-state index in [9.17, 15) is 19.2 Å². The van der Waals surface area contributed by atoms with Crippen molar-refractivity contribution in [2.45, 2.75) is 25.4 Å². The van der Waals surface area contributed by atoms with E-state index in [0.717, 1.165) is 0 Å². The third-order valence-corrected chi connectivity index (χ3v) is 4.04. The number of nitrogens with zero attached hydrogens (tertiary/aromatic N) is 1. The number of amides is 4. The van der Waals surface area contributed by atoms with Gasteiger partial charge >= 0.3 is 0 Å². The van der Waals surface area contributed by atoms with Gasteiger partial charge in [0.15, 0.2) is 0 Å². The lowest BCUT2D eigenvalue weighted by atomic mass is 10.0. The molecule has 9 heteroatoms. The summed E-state index contributed by atoms with van der Waals surface area (Å²) in [6.07, 6.45) is 0.502. The Hall–Kier alpha value is -2.45. The number of imide groups is 1. The van der Waals surface area contributed by atoms with Crippen LogP contribution in [0.4, 0.5) is 5.69 Å². The number of piperidine rings is 1. The third kappa shape index (κ3) is 3.10. The van der Waals surface area contributed by atoms with E-state index < -0.39 is 11.9 Å². The number of benzene rings is 1. The van der Waals surface area contributed by atoms with Crippen molar-refractivity contribution in [2.24, 2.45) is 5.73 Å². The molecule has 2 heterocycles. The van der Waals surface area contributed by atoms with E-state index in [4.69, 9.17) is 5.73 Å². The first-order chi connectivity index (χ1) is 11.0. The molecular weight excluding hydrogens is 336 g/mol. The van der Waals surface area contributed by atoms with Gasteiger partial charge in [-0.15, -0.1) is 12.4 Å². The first-order valence-corrected chi connectivity index (χ1v) is 7.27. The summed E-state index contributed by atoms with van der Waals surface area (Å²) in [5.74, 6) is -1.43. The van der Waals surface area contributed by atoms with Crippen molar-refractivity contribution in [3.8, 4) is 0 Å². The van der Waals surface area contributed by atoms with Gasteiger partial charge in [0.1, 0.15) is 6.04 Å². The van der Waals surface area contributed by atoms with Crippen molar-refractivity contribution >= 4 is 41.7 Å². The van der Waals surface area contributed by atoms with Crippen molar-refractivity contribution in [3.05, 3.63) is 29.3 Å². The maximum absolute atomic E-state index is 12.6. The lowest BCUT2D eigenvalue weighted by Gasteiger charge is -2.29. The SMILES string of the molecule is Cl.NCC(=O)Nc1cccc2c1CN(C1CCC(=O)NC1=O)C2=O. The van der Waals surface area contributed by atoms with Crippen LogP contribution in [0.1, 0.15) is 28.8 Å². The molecule has 1 saturated heterocycles. The average Bonchev–Trinajstić information content (AvgIpc) is 2.86. The first kappa shape index (κ1) is 17.9.